The Hall–Kier alpha value is -0.890. The van der Waals surface area contributed by atoms with E-state index >= 15 is 0 Å². The van der Waals surface area contributed by atoms with Gasteiger partial charge in [0.1, 0.15) is 11.0 Å². The number of thiophene rings is 1. The molecule has 1 unspecified atom stereocenters. The molecule has 0 aliphatic carbocycles. The molecule has 1 aromatic heterocycles. The average molecular weight is 388 g/mol. The molecule has 0 N–H and O–H groups in total. The molecule has 112 valence electrons. The molecule has 0 fully saturated rings. The number of ether oxygens (including phenoxy) is 1. The van der Waals surface area contributed by atoms with Crippen molar-refractivity contribution in [1.82, 2.24) is 0 Å². The molecule has 1 atom stereocenters. The van der Waals surface area contributed by atoms with Gasteiger partial charge >= 0.3 is 0 Å². The molecule has 21 heavy (non-hydrogen) atoms. The lowest BCUT2D eigenvalue weighted by Gasteiger charge is -2.21. The van der Waals surface area contributed by atoms with Gasteiger partial charge in [-0.2, -0.15) is 11.3 Å². The van der Waals surface area contributed by atoms with E-state index in [1.165, 1.54) is 15.6 Å². The number of para-hydroxylation sites is 1. The summed E-state index contributed by atoms with van der Waals surface area (Å²) in [5.74, 6) is 0. The van der Waals surface area contributed by atoms with Crippen molar-refractivity contribution >= 4 is 43.0 Å². The SMILES string of the molecule is CN1c2ccccc2C(OCCBr)c2cscc2S1(=O)=O. The number of hydrogen-bond acceptors (Lipinski definition) is 4. The summed E-state index contributed by atoms with van der Waals surface area (Å²) in [7, 11) is -1.95. The van der Waals surface area contributed by atoms with Crippen LogP contribution in [-0.2, 0) is 14.8 Å². The van der Waals surface area contributed by atoms with Crippen LogP contribution < -0.4 is 4.31 Å². The van der Waals surface area contributed by atoms with E-state index in [4.69, 9.17) is 4.74 Å². The smallest absolute Gasteiger partial charge is 0.265 e. The number of nitrogens with zero attached hydrogens (tertiary/aromatic N) is 1. The average Bonchev–Trinajstić information content (AvgIpc) is 2.95. The number of halogens is 1. The number of fused-ring (bicyclic) bond motifs is 2. The van der Waals surface area contributed by atoms with Crippen LogP contribution in [0.2, 0.25) is 0 Å². The molecule has 0 radical (unpaired) electrons. The van der Waals surface area contributed by atoms with Crippen LogP contribution in [0.5, 0.6) is 0 Å². The molecule has 0 bridgehead atoms. The van der Waals surface area contributed by atoms with E-state index in [1.807, 2.05) is 29.6 Å². The minimum absolute atomic E-state index is 0.339. The van der Waals surface area contributed by atoms with Crippen molar-refractivity contribution in [3.63, 3.8) is 0 Å². The van der Waals surface area contributed by atoms with Crippen LogP contribution in [0.25, 0.3) is 0 Å². The second kappa shape index (κ2) is 5.72. The number of sulfonamides is 1. The number of anilines is 1. The lowest BCUT2D eigenvalue weighted by molar-refractivity contribution is 0.0932. The fraction of sp³-hybridized carbons (Fsp3) is 0.286. The van der Waals surface area contributed by atoms with Gasteiger partial charge in [0.25, 0.3) is 10.0 Å². The number of alkyl halides is 1. The molecule has 1 aliphatic rings. The molecule has 2 aromatic rings. The second-order valence-corrected chi connectivity index (χ2v) is 8.14. The van der Waals surface area contributed by atoms with Gasteiger partial charge in [-0.1, -0.05) is 34.1 Å². The van der Waals surface area contributed by atoms with Crippen molar-refractivity contribution < 1.29 is 13.2 Å². The van der Waals surface area contributed by atoms with Gasteiger partial charge in [-0.05, 0) is 11.4 Å². The molecule has 0 spiro atoms. The Balaban J connectivity index is 2.26. The van der Waals surface area contributed by atoms with E-state index in [0.29, 0.717) is 22.5 Å². The molecule has 0 saturated carbocycles. The zero-order valence-corrected chi connectivity index (χ0v) is 14.5. The number of hydrogen-bond donors (Lipinski definition) is 0. The van der Waals surface area contributed by atoms with E-state index in [2.05, 4.69) is 15.9 Å². The van der Waals surface area contributed by atoms with Crippen LogP contribution in [-0.4, -0.2) is 27.4 Å². The summed E-state index contributed by atoms with van der Waals surface area (Å²) in [6.45, 7) is 0.512. The Morgan fingerprint density at radius 1 is 1.29 bits per heavy atom. The first-order valence-corrected chi connectivity index (χ1v) is 9.89. The maximum atomic E-state index is 12.7. The molecule has 3 rings (SSSR count). The maximum absolute atomic E-state index is 12.7. The van der Waals surface area contributed by atoms with E-state index in [9.17, 15) is 8.42 Å². The maximum Gasteiger partial charge on any atom is 0.265 e. The Labute approximate surface area is 136 Å². The third-order valence-electron chi connectivity index (χ3n) is 3.50. The van der Waals surface area contributed by atoms with Gasteiger partial charge in [0.05, 0.1) is 12.3 Å². The second-order valence-electron chi connectivity index (χ2n) is 4.66. The zero-order chi connectivity index (χ0) is 15.0. The lowest BCUT2D eigenvalue weighted by Crippen LogP contribution is -2.26. The predicted octanol–water partition coefficient (Wildman–Crippen LogP) is 3.39. The molecular weight excluding hydrogens is 374 g/mol. The van der Waals surface area contributed by atoms with Gasteiger partial charge in [0, 0.05) is 28.9 Å². The van der Waals surface area contributed by atoms with Crippen molar-refractivity contribution in [2.45, 2.75) is 11.0 Å². The first-order valence-electron chi connectivity index (χ1n) is 6.39. The van der Waals surface area contributed by atoms with Crippen molar-refractivity contribution in [3.8, 4) is 0 Å². The van der Waals surface area contributed by atoms with Gasteiger partial charge < -0.3 is 4.74 Å². The van der Waals surface area contributed by atoms with Gasteiger partial charge in [-0.25, -0.2) is 8.42 Å². The highest BCUT2D eigenvalue weighted by molar-refractivity contribution is 9.09. The van der Waals surface area contributed by atoms with Gasteiger partial charge in [0.15, 0.2) is 0 Å². The zero-order valence-electron chi connectivity index (χ0n) is 11.3. The highest BCUT2D eigenvalue weighted by atomic mass is 79.9. The minimum Gasteiger partial charge on any atom is -0.368 e. The Bertz CT molecular complexity index is 757. The molecule has 0 saturated heterocycles. The monoisotopic (exact) mass is 387 g/mol. The molecule has 1 aromatic carbocycles. The molecule has 1 aliphatic heterocycles. The first-order chi connectivity index (χ1) is 10.1. The molecule has 2 heterocycles. The summed E-state index contributed by atoms with van der Waals surface area (Å²) in [6.07, 6.45) is -0.361. The normalized spacial score (nSPS) is 19.7. The van der Waals surface area contributed by atoms with Gasteiger partial charge in [-0.3, -0.25) is 4.31 Å². The topological polar surface area (TPSA) is 46.6 Å². The summed E-state index contributed by atoms with van der Waals surface area (Å²) >= 11 is 4.73. The van der Waals surface area contributed by atoms with Crippen LogP contribution >= 0.6 is 27.3 Å². The van der Waals surface area contributed by atoms with Crippen molar-refractivity contribution in [2.75, 3.05) is 23.3 Å². The lowest BCUT2D eigenvalue weighted by atomic mass is 10.0. The summed E-state index contributed by atoms with van der Waals surface area (Å²) in [5, 5.41) is 4.24. The highest BCUT2D eigenvalue weighted by Crippen LogP contribution is 2.43. The first kappa shape index (κ1) is 15.0. The predicted molar refractivity (Wildman–Crippen MR) is 87.9 cm³/mol. The third kappa shape index (κ3) is 2.42. The van der Waals surface area contributed by atoms with Crippen molar-refractivity contribution in [3.05, 3.63) is 46.2 Å². The van der Waals surface area contributed by atoms with Crippen LogP contribution in [0.3, 0.4) is 0 Å². The van der Waals surface area contributed by atoms with E-state index in [1.54, 1.807) is 12.4 Å². The molecule has 7 heteroatoms. The van der Waals surface area contributed by atoms with E-state index < -0.39 is 10.0 Å². The van der Waals surface area contributed by atoms with Crippen LogP contribution in [0.4, 0.5) is 5.69 Å². The molecule has 0 amide bonds. The number of benzene rings is 1. The van der Waals surface area contributed by atoms with Crippen molar-refractivity contribution in [2.24, 2.45) is 0 Å². The summed E-state index contributed by atoms with van der Waals surface area (Å²) in [5.41, 5.74) is 2.26. The van der Waals surface area contributed by atoms with Gasteiger partial charge in [0.2, 0.25) is 0 Å². The fourth-order valence-corrected chi connectivity index (χ4v) is 5.30. The standard InChI is InChI=1S/C14H14BrNO3S2/c1-16-12-5-3-2-4-10(12)14(19-7-6-15)11-8-20-9-13(11)21(16,17)18/h2-5,8-9,14H,6-7H2,1H3. The van der Waals surface area contributed by atoms with Crippen LogP contribution in [0.15, 0.2) is 39.9 Å². The highest BCUT2D eigenvalue weighted by Gasteiger charge is 2.35. The van der Waals surface area contributed by atoms with Gasteiger partial charge in [-0.15, -0.1) is 0 Å². The van der Waals surface area contributed by atoms with Crippen LogP contribution in [0.1, 0.15) is 17.2 Å². The molecule has 4 nitrogen and oxygen atoms in total. The minimum atomic E-state index is -3.53. The molecular formula is C14H14BrNO3S2. The largest absolute Gasteiger partial charge is 0.368 e. The number of rotatable bonds is 3. The fourth-order valence-electron chi connectivity index (χ4n) is 2.48. The summed E-state index contributed by atoms with van der Waals surface area (Å²) < 4.78 is 32.7. The summed E-state index contributed by atoms with van der Waals surface area (Å²) in [6, 6.07) is 7.48. The van der Waals surface area contributed by atoms with Crippen molar-refractivity contribution in [1.29, 1.82) is 0 Å². The Morgan fingerprint density at radius 2 is 2.05 bits per heavy atom. The van der Waals surface area contributed by atoms with E-state index in [-0.39, 0.29) is 6.10 Å². The van der Waals surface area contributed by atoms with E-state index in [0.717, 1.165) is 11.1 Å². The summed E-state index contributed by atoms with van der Waals surface area (Å²) in [4.78, 5) is 0.339. The van der Waals surface area contributed by atoms with Crippen LogP contribution in [0, 0.1) is 0 Å². The Kier molecular flexibility index (Phi) is 4.09. The third-order valence-corrected chi connectivity index (χ3v) is 6.56. The quantitative estimate of drug-likeness (QED) is 0.758. The Morgan fingerprint density at radius 3 is 2.81 bits per heavy atom.